The molecule has 1 fully saturated rings. The monoisotopic (exact) mass is 1010 g/mol. The summed E-state index contributed by atoms with van der Waals surface area (Å²) in [5.74, 6) is -7.55. The predicted octanol–water partition coefficient (Wildman–Crippen LogP) is 5.36. The Bertz CT molecular complexity index is 3000. The van der Waals surface area contributed by atoms with Gasteiger partial charge in [0.2, 0.25) is 24.9 Å². The van der Waals surface area contributed by atoms with Crippen molar-refractivity contribution in [1.82, 2.24) is 5.32 Å². The summed E-state index contributed by atoms with van der Waals surface area (Å²) in [7, 11) is 0. The first-order valence-electron chi connectivity index (χ1n) is 23.1. The molecule has 3 aliphatic heterocycles. The molecule has 3 heterocycles. The number of fused-ring (bicyclic) bond motifs is 4. The number of carbonyl (C=O) groups is 8. The summed E-state index contributed by atoms with van der Waals surface area (Å²) in [4.78, 5) is 109. The molecule has 5 aromatic carbocycles. The van der Waals surface area contributed by atoms with Gasteiger partial charge >= 0.3 is 41.8 Å². The highest BCUT2D eigenvalue weighted by atomic mass is 16.7. The molecule has 1 saturated heterocycles. The van der Waals surface area contributed by atoms with Crippen molar-refractivity contribution in [3.8, 4) is 17.2 Å². The molecule has 1 N–H and O–H groups in total. The van der Waals surface area contributed by atoms with Crippen molar-refractivity contribution < 1.29 is 90.5 Å². The van der Waals surface area contributed by atoms with Gasteiger partial charge in [0.1, 0.15) is 12.7 Å². The van der Waals surface area contributed by atoms with Gasteiger partial charge in [-0.1, -0.05) is 72.8 Å². The molecule has 4 aliphatic rings. The van der Waals surface area contributed by atoms with E-state index in [4.69, 9.17) is 52.1 Å². The Morgan fingerprint density at radius 3 is 1.57 bits per heavy atom. The molecule has 0 saturated carbocycles. The lowest BCUT2D eigenvalue weighted by Gasteiger charge is -2.45. The van der Waals surface area contributed by atoms with Gasteiger partial charge in [-0.3, -0.25) is 19.2 Å². The van der Waals surface area contributed by atoms with Crippen LogP contribution in [0.5, 0.6) is 17.2 Å². The fraction of sp³-hybridized carbons (Fsp3) is 0.259. The highest BCUT2D eigenvalue weighted by molar-refractivity contribution is 6.08. The average Bonchev–Trinajstić information content (AvgIpc) is 3.89. The molecule has 1 aliphatic carbocycles. The lowest BCUT2D eigenvalue weighted by atomic mass is 9.79. The lowest BCUT2D eigenvalue weighted by molar-refractivity contribution is -0.275. The molecule has 9 atom stereocenters. The van der Waals surface area contributed by atoms with Crippen LogP contribution in [0.15, 0.2) is 133 Å². The maximum absolute atomic E-state index is 14.8. The number of rotatable bonds is 14. The Labute approximate surface area is 421 Å². The van der Waals surface area contributed by atoms with Crippen LogP contribution in [0.1, 0.15) is 78.1 Å². The highest BCUT2D eigenvalue weighted by Gasteiger charge is 2.56. The summed E-state index contributed by atoms with van der Waals surface area (Å²) in [5, 5.41) is 2.79. The normalized spacial score (nSPS) is 23.1. The topological polar surface area (TPSA) is 250 Å². The van der Waals surface area contributed by atoms with Crippen LogP contribution in [0.25, 0.3) is 5.57 Å². The third kappa shape index (κ3) is 10.7. The van der Waals surface area contributed by atoms with Crippen LogP contribution >= 0.6 is 0 Å². The molecule has 20 nitrogen and oxygen atoms in total. The van der Waals surface area contributed by atoms with Crippen LogP contribution in [0, 0.1) is 0 Å². The van der Waals surface area contributed by atoms with Gasteiger partial charge in [-0.05, 0) is 66.2 Å². The fourth-order valence-electron chi connectivity index (χ4n) is 8.82. The molecule has 0 aromatic heterocycles. The maximum atomic E-state index is 14.8. The van der Waals surface area contributed by atoms with E-state index in [9.17, 15) is 38.4 Å². The van der Waals surface area contributed by atoms with E-state index in [1.165, 1.54) is 60.7 Å². The SMILES string of the molecule is CC(=O)O[C@@H]1[C@H](OC(C)=O)[C@@H](OC(C)=O)C=C2c3cc4c(c(O[C@H]5O[C@H](COC(=O)c6ccccc6)[C@@H](OC(=O)c6ccccc6)[C@H](OC(=O)c6ccccc6)[C@H]5OC(=O)c5ccccc5)c3C(=O)N[C@H]21)OCO4. The quantitative estimate of drug-likeness (QED) is 0.109. The first kappa shape index (κ1) is 49.9. The number of esters is 7. The Kier molecular flexibility index (Phi) is 14.7. The van der Waals surface area contributed by atoms with E-state index in [0.717, 1.165) is 20.8 Å². The molecule has 0 spiro atoms. The molecule has 380 valence electrons. The summed E-state index contributed by atoms with van der Waals surface area (Å²) in [6.45, 7) is 2.23. The first-order valence-corrected chi connectivity index (χ1v) is 23.1. The Morgan fingerprint density at radius 2 is 1.04 bits per heavy atom. The number of hydrogen-bond acceptors (Lipinski definition) is 19. The Balaban J connectivity index is 1.20. The molecule has 5 aromatic rings. The molecule has 0 unspecified atom stereocenters. The number of benzene rings is 5. The summed E-state index contributed by atoms with van der Waals surface area (Å²) in [6, 6.07) is 31.4. The molecular weight excluding hydrogens is 967 g/mol. The van der Waals surface area contributed by atoms with Crippen molar-refractivity contribution in [2.75, 3.05) is 13.4 Å². The van der Waals surface area contributed by atoms with Crippen LogP contribution in [-0.2, 0) is 52.3 Å². The van der Waals surface area contributed by atoms with E-state index in [2.05, 4.69) is 5.32 Å². The van der Waals surface area contributed by atoms with E-state index in [0.29, 0.717) is 0 Å². The third-order valence-corrected chi connectivity index (χ3v) is 12.0. The van der Waals surface area contributed by atoms with E-state index < -0.39 is 116 Å². The van der Waals surface area contributed by atoms with Gasteiger partial charge in [-0.15, -0.1) is 0 Å². The second-order valence-corrected chi connectivity index (χ2v) is 17.0. The number of nitrogens with one attached hydrogen (secondary N) is 1. The zero-order valence-electron chi connectivity index (χ0n) is 39.6. The number of amides is 1. The van der Waals surface area contributed by atoms with Crippen LogP contribution in [0.4, 0.5) is 0 Å². The summed E-state index contributed by atoms with van der Waals surface area (Å²) in [6.07, 6.45) is -11.9. The largest absolute Gasteiger partial charge is 0.459 e. The number of ether oxygens (including phenoxy) is 11. The van der Waals surface area contributed by atoms with Crippen LogP contribution in [-0.4, -0.2) is 116 Å². The van der Waals surface area contributed by atoms with Gasteiger partial charge in [0.05, 0.1) is 33.9 Å². The third-order valence-electron chi connectivity index (χ3n) is 12.0. The second kappa shape index (κ2) is 21.8. The first-order chi connectivity index (χ1) is 35.7. The maximum Gasteiger partial charge on any atom is 0.338 e. The molecule has 74 heavy (non-hydrogen) atoms. The van der Waals surface area contributed by atoms with E-state index in [1.54, 1.807) is 72.8 Å². The molecule has 0 bridgehead atoms. The van der Waals surface area contributed by atoms with Crippen LogP contribution in [0.2, 0.25) is 0 Å². The van der Waals surface area contributed by atoms with Crippen molar-refractivity contribution in [1.29, 1.82) is 0 Å². The zero-order chi connectivity index (χ0) is 52.0. The standard InChI is InChI=1S/C54H45NO19/c1-28(56)67-38-25-36-35-24-37-42(66-27-65-37)45(40(35)49(59)55-41(36)46(69-30(3)58)43(38)68-29(2)57)74-54-48(73-53(63)34-22-14-7-15-23-34)47(72-52(62)33-20-12-6-13-21-33)44(71-51(61)32-18-10-5-11-19-32)39(70-54)26-64-50(60)31-16-8-4-9-17-31/h4-25,38-39,41,43-44,46-48,54H,26-27H2,1-3H3,(H,55,59)/t38-,39+,41+,43+,44+,46-,47-,48+,54+/m0/s1. The number of carbonyl (C=O) groups excluding carboxylic acids is 8. The molecule has 9 rings (SSSR count). The van der Waals surface area contributed by atoms with E-state index in [-0.39, 0.29) is 56.2 Å². The molecule has 20 heteroatoms. The average molecular weight is 1010 g/mol. The minimum atomic E-state index is -1.97. The number of hydrogen-bond donors (Lipinski definition) is 1. The molecule has 1 amide bonds. The van der Waals surface area contributed by atoms with Crippen LogP contribution in [0.3, 0.4) is 0 Å². The van der Waals surface area contributed by atoms with Crippen molar-refractivity contribution in [2.24, 2.45) is 0 Å². The zero-order valence-corrected chi connectivity index (χ0v) is 39.6. The Morgan fingerprint density at radius 1 is 0.554 bits per heavy atom. The van der Waals surface area contributed by atoms with Gasteiger partial charge in [-0.2, -0.15) is 0 Å². The van der Waals surface area contributed by atoms with Gasteiger partial charge < -0.3 is 57.4 Å². The van der Waals surface area contributed by atoms with Crippen molar-refractivity contribution in [2.45, 2.75) is 75.8 Å². The van der Waals surface area contributed by atoms with Gasteiger partial charge in [0, 0.05) is 26.3 Å². The van der Waals surface area contributed by atoms with Crippen LogP contribution < -0.4 is 19.5 Å². The minimum Gasteiger partial charge on any atom is -0.459 e. The second-order valence-electron chi connectivity index (χ2n) is 17.0. The van der Waals surface area contributed by atoms with Gasteiger partial charge in [-0.25, -0.2) is 19.2 Å². The highest BCUT2D eigenvalue weighted by Crippen LogP contribution is 2.51. The minimum absolute atomic E-state index is 0.00647. The predicted molar refractivity (Wildman–Crippen MR) is 251 cm³/mol. The fourth-order valence-corrected chi connectivity index (χ4v) is 8.82. The Hall–Kier alpha value is -9.04. The van der Waals surface area contributed by atoms with E-state index >= 15 is 0 Å². The molecular formula is C54H45NO19. The summed E-state index contributed by atoms with van der Waals surface area (Å²) >= 11 is 0. The summed E-state index contributed by atoms with van der Waals surface area (Å²) in [5.41, 5.74) is 0.264. The van der Waals surface area contributed by atoms with Gasteiger partial charge in [0.25, 0.3) is 5.91 Å². The smallest absolute Gasteiger partial charge is 0.338 e. The van der Waals surface area contributed by atoms with Crippen molar-refractivity contribution in [3.05, 3.63) is 167 Å². The van der Waals surface area contributed by atoms with Gasteiger partial charge in [0.15, 0.2) is 42.0 Å². The lowest BCUT2D eigenvalue weighted by Crippen LogP contribution is -2.64. The van der Waals surface area contributed by atoms with Crippen molar-refractivity contribution >= 4 is 53.3 Å². The molecule has 0 radical (unpaired) electrons. The van der Waals surface area contributed by atoms with E-state index in [1.807, 2.05) is 0 Å². The van der Waals surface area contributed by atoms with Crippen molar-refractivity contribution in [3.63, 3.8) is 0 Å². The summed E-state index contributed by atoms with van der Waals surface area (Å²) < 4.78 is 66.3.